The van der Waals surface area contributed by atoms with E-state index in [1.807, 2.05) is 66.7 Å². The average Bonchev–Trinajstić information content (AvgIpc) is 3.85. The van der Waals surface area contributed by atoms with Gasteiger partial charge < -0.3 is 0 Å². The molecule has 0 saturated heterocycles. The van der Waals surface area contributed by atoms with Crippen LogP contribution in [0.25, 0.3) is 108 Å². The molecule has 11 aromatic rings. The Kier molecular flexibility index (Phi) is 7.79. The lowest BCUT2D eigenvalue weighted by molar-refractivity contribution is 1.08. The van der Waals surface area contributed by atoms with E-state index in [-0.39, 0.29) is 0 Å². The lowest BCUT2D eigenvalue weighted by atomic mass is 10.0. The summed E-state index contributed by atoms with van der Waals surface area (Å²) < 4.78 is 4.61. The van der Waals surface area contributed by atoms with Crippen LogP contribution in [0.1, 0.15) is 0 Å². The number of hydrogen-bond donors (Lipinski definition) is 0. The van der Waals surface area contributed by atoms with E-state index in [0.717, 1.165) is 69.3 Å². The van der Waals surface area contributed by atoms with Gasteiger partial charge in [-0.3, -0.25) is 0 Å². The third-order valence-corrected chi connectivity index (χ3v) is 12.5. The predicted octanol–water partition coefficient (Wildman–Crippen LogP) is 13.4. The van der Waals surface area contributed by atoms with E-state index in [1.165, 1.54) is 15.8 Å². The molecule has 7 aromatic carbocycles. The maximum absolute atomic E-state index is 5.32. The van der Waals surface area contributed by atoms with Crippen LogP contribution in [0.3, 0.4) is 0 Å². The maximum atomic E-state index is 5.32. The molecule has 4 heterocycles. The molecule has 0 aliphatic heterocycles. The molecule has 262 valence electrons. The first-order valence-electron chi connectivity index (χ1n) is 18.4. The summed E-state index contributed by atoms with van der Waals surface area (Å²) in [4.78, 5) is 25.7. The standard InChI is InChI=1S/C49H29N5S2/c1-4-13-30(14-5-1)31-23-25-32(26-24-31)43-45-44(37-19-10-11-21-39(37)56-45)51-48(50-43)35-27-28-36-41(29-35)55-40-22-12-20-38(42(36)40)49-53-46(33-15-6-2-7-16-33)52-47(54-49)34-17-8-3-9-18-34/h1-29H. The summed E-state index contributed by atoms with van der Waals surface area (Å²) in [6, 6.07) is 60.9. The van der Waals surface area contributed by atoms with Gasteiger partial charge in [-0.15, -0.1) is 22.7 Å². The fourth-order valence-electron chi connectivity index (χ4n) is 7.45. The van der Waals surface area contributed by atoms with Gasteiger partial charge in [0.1, 0.15) is 0 Å². The number of aromatic nitrogens is 5. The van der Waals surface area contributed by atoms with Crippen LogP contribution in [0, 0.1) is 0 Å². The van der Waals surface area contributed by atoms with E-state index in [1.54, 1.807) is 22.7 Å². The first-order valence-corrected chi connectivity index (χ1v) is 20.0. The Labute approximate surface area is 330 Å². The number of hydrogen-bond acceptors (Lipinski definition) is 7. The molecule has 0 aliphatic carbocycles. The first-order chi connectivity index (χ1) is 27.7. The molecular formula is C49H29N5S2. The van der Waals surface area contributed by atoms with E-state index in [0.29, 0.717) is 23.3 Å². The minimum absolute atomic E-state index is 0.646. The fourth-order valence-corrected chi connectivity index (χ4v) is 9.77. The number of benzene rings is 7. The minimum Gasteiger partial charge on any atom is -0.226 e. The van der Waals surface area contributed by atoms with E-state index in [2.05, 4.69) is 109 Å². The van der Waals surface area contributed by atoms with Crippen LogP contribution >= 0.6 is 22.7 Å². The van der Waals surface area contributed by atoms with Gasteiger partial charge in [0.25, 0.3) is 0 Å². The van der Waals surface area contributed by atoms with Crippen LogP contribution in [0.2, 0.25) is 0 Å². The molecule has 0 aliphatic rings. The van der Waals surface area contributed by atoms with Crippen molar-refractivity contribution in [3.8, 4) is 67.9 Å². The van der Waals surface area contributed by atoms with E-state index in [9.17, 15) is 0 Å². The van der Waals surface area contributed by atoms with Crippen LogP contribution < -0.4 is 0 Å². The zero-order valence-corrected chi connectivity index (χ0v) is 31.4. The van der Waals surface area contributed by atoms with Gasteiger partial charge in [0, 0.05) is 58.1 Å². The molecule has 5 nitrogen and oxygen atoms in total. The molecule has 7 heteroatoms. The van der Waals surface area contributed by atoms with Crippen LogP contribution in [0.5, 0.6) is 0 Å². The smallest absolute Gasteiger partial charge is 0.164 e. The fraction of sp³-hybridized carbons (Fsp3) is 0. The van der Waals surface area contributed by atoms with E-state index in [4.69, 9.17) is 24.9 Å². The second-order valence-corrected chi connectivity index (χ2v) is 15.8. The van der Waals surface area contributed by atoms with Crippen molar-refractivity contribution >= 4 is 63.1 Å². The van der Waals surface area contributed by atoms with Gasteiger partial charge in [-0.05, 0) is 29.3 Å². The summed E-state index contributed by atoms with van der Waals surface area (Å²) in [7, 11) is 0. The largest absolute Gasteiger partial charge is 0.226 e. The van der Waals surface area contributed by atoms with Crippen molar-refractivity contribution in [2.45, 2.75) is 0 Å². The average molecular weight is 752 g/mol. The zero-order chi connectivity index (χ0) is 37.0. The van der Waals surface area contributed by atoms with E-state index >= 15 is 0 Å². The van der Waals surface area contributed by atoms with Gasteiger partial charge in [0.2, 0.25) is 0 Å². The highest BCUT2D eigenvalue weighted by molar-refractivity contribution is 7.26. The molecule has 56 heavy (non-hydrogen) atoms. The van der Waals surface area contributed by atoms with Gasteiger partial charge in [0.05, 0.1) is 15.9 Å². The van der Waals surface area contributed by atoms with Gasteiger partial charge >= 0.3 is 0 Å². The normalized spacial score (nSPS) is 11.6. The SMILES string of the molecule is c1ccc(-c2ccc(-c3nc(-c4ccc5c(c4)sc4cccc(-c6nc(-c7ccccc7)nc(-c7ccccc7)n6)c45)nc4c3sc3ccccc34)cc2)cc1. The number of fused-ring (bicyclic) bond motifs is 6. The Bertz CT molecular complexity index is 3170. The summed E-state index contributed by atoms with van der Waals surface area (Å²) in [5.41, 5.74) is 9.21. The minimum atomic E-state index is 0.646. The van der Waals surface area contributed by atoms with Crippen molar-refractivity contribution in [3.05, 3.63) is 176 Å². The van der Waals surface area contributed by atoms with Gasteiger partial charge in [-0.1, -0.05) is 158 Å². The highest BCUT2D eigenvalue weighted by atomic mass is 32.1. The summed E-state index contributed by atoms with van der Waals surface area (Å²) in [6.45, 7) is 0. The van der Waals surface area contributed by atoms with Crippen molar-refractivity contribution in [2.75, 3.05) is 0 Å². The van der Waals surface area contributed by atoms with Crippen molar-refractivity contribution in [1.82, 2.24) is 24.9 Å². The summed E-state index contributed by atoms with van der Waals surface area (Å²) in [6.07, 6.45) is 0. The highest BCUT2D eigenvalue weighted by Gasteiger charge is 2.20. The molecular weight excluding hydrogens is 723 g/mol. The molecule has 0 bridgehead atoms. The first kappa shape index (κ1) is 32.5. The Morgan fingerprint density at radius 2 is 0.875 bits per heavy atom. The Morgan fingerprint density at radius 1 is 0.321 bits per heavy atom. The zero-order valence-electron chi connectivity index (χ0n) is 29.8. The molecule has 11 rings (SSSR count). The Balaban J connectivity index is 1.06. The van der Waals surface area contributed by atoms with Crippen LogP contribution in [-0.4, -0.2) is 24.9 Å². The topological polar surface area (TPSA) is 64.5 Å². The second-order valence-electron chi connectivity index (χ2n) is 13.6. The molecule has 0 spiro atoms. The molecule has 0 N–H and O–H groups in total. The Hall–Kier alpha value is -6.93. The van der Waals surface area contributed by atoms with E-state index < -0.39 is 0 Å². The number of thiophene rings is 2. The summed E-state index contributed by atoms with van der Waals surface area (Å²) in [5.74, 6) is 2.65. The molecule has 0 unspecified atom stereocenters. The van der Waals surface area contributed by atoms with Gasteiger partial charge in [-0.25, -0.2) is 24.9 Å². The highest BCUT2D eigenvalue weighted by Crippen LogP contribution is 2.43. The quantitative estimate of drug-likeness (QED) is 0.169. The molecule has 4 aromatic heterocycles. The third-order valence-electron chi connectivity index (χ3n) is 10.2. The predicted molar refractivity (Wildman–Crippen MR) is 234 cm³/mol. The molecule has 0 atom stereocenters. The molecule has 0 amide bonds. The molecule has 0 saturated carbocycles. The summed E-state index contributed by atoms with van der Waals surface area (Å²) in [5, 5.41) is 3.42. The van der Waals surface area contributed by atoms with Crippen LogP contribution in [0.15, 0.2) is 176 Å². The Morgan fingerprint density at radius 3 is 1.59 bits per heavy atom. The lowest BCUT2D eigenvalue weighted by Crippen LogP contribution is -2.00. The van der Waals surface area contributed by atoms with Gasteiger partial charge in [-0.2, -0.15) is 0 Å². The molecule has 0 fully saturated rings. The monoisotopic (exact) mass is 751 g/mol. The second kappa shape index (κ2) is 13.4. The maximum Gasteiger partial charge on any atom is 0.164 e. The van der Waals surface area contributed by atoms with Crippen molar-refractivity contribution in [3.63, 3.8) is 0 Å². The number of nitrogens with zero attached hydrogens (tertiary/aromatic N) is 5. The number of rotatable bonds is 6. The molecule has 0 radical (unpaired) electrons. The third kappa shape index (κ3) is 5.64. The van der Waals surface area contributed by atoms with Crippen LogP contribution in [-0.2, 0) is 0 Å². The van der Waals surface area contributed by atoms with Crippen molar-refractivity contribution < 1.29 is 0 Å². The van der Waals surface area contributed by atoms with Crippen molar-refractivity contribution in [2.24, 2.45) is 0 Å². The summed E-state index contributed by atoms with van der Waals surface area (Å²) >= 11 is 3.52. The van der Waals surface area contributed by atoms with Crippen LogP contribution in [0.4, 0.5) is 0 Å². The van der Waals surface area contributed by atoms with Crippen molar-refractivity contribution in [1.29, 1.82) is 0 Å². The lowest BCUT2D eigenvalue weighted by Gasteiger charge is -2.10. The van der Waals surface area contributed by atoms with Gasteiger partial charge in [0.15, 0.2) is 23.3 Å².